The number of carbonyl (C=O) groups excluding carboxylic acids is 1. The van der Waals surface area contributed by atoms with Crippen molar-refractivity contribution in [2.75, 3.05) is 5.73 Å². The number of hydrogen-bond acceptors (Lipinski definition) is 3. The quantitative estimate of drug-likeness (QED) is 0.852. The van der Waals surface area contributed by atoms with E-state index < -0.39 is 0 Å². The van der Waals surface area contributed by atoms with Gasteiger partial charge in [-0.25, -0.2) is 0 Å². The Bertz CT molecular complexity index is 553. The van der Waals surface area contributed by atoms with Crippen molar-refractivity contribution in [3.05, 3.63) is 50.3 Å². The number of thiophene rings is 1. The third kappa shape index (κ3) is 2.14. The lowest BCUT2D eigenvalue weighted by molar-refractivity contribution is 0.104. The van der Waals surface area contributed by atoms with Crippen molar-refractivity contribution in [1.29, 1.82) is 0 Å². The van der Waals surface area contributed by atoms with Gasteiger partial charge in [0.2, 0.25) is 0 Å². The van der Waals surface area contributed by atoms with Crippen molar-refractivity contribution in [3.8, 4) is 0 Å². The minimum Gasteiger partial charge on any atom is -0.390 e. The molecule has 2 rings (SSSR count). The minimum atomic E-state index is -0.148. The molecule has 0 aliphatic rings. The van der Waals surface area contributed by atoms with Crippen LogP contribution >= 0.6 is 38.9 Å². The van der Waals surface area contributed by atoms with E-state index >= 15 is 0 Å². The molecule has 2 nitrogen and oxygen atoms in total. The van der Waals surface area contributed by atoms with Crippen LogP contribution < -0.4 is 5.73 Å². The Kier molecular flexibility index (Phi) is 3.33. The van der Waals surface area contributed by atoms with E-state index in [1.165, 1.54) is 11.3 Å². The van der Waals surface area contributed by atoms with Gasteiger partial charge in [0.25, 0.3) is 0 Å². The van der Waals surface area contributed by atoms with Gasteiger partial charge in [-0.15, -0.1) is 11.3 Å². The summed E-state index contributed by atoms with van der Waals surface area (Å²) < 4.78 is 0.834. The van der Waals surface area contributed by atoms with E-state index in [-0.39, 0.29) is 5.78 Å². The second-order valence-corrected chi connectivity index (χ2v) is 6.01. The molecule has 0 bridgehead atoms. The van der Waals surface area contributed by atoms with E-state index in [1.807, 2.05) is 0 Å². The zero-order chi connectivity index (χ0) is 11.7. The Morgan fingerprint density at radius 1 is 1.31 bits per heavy atom. The fourth-order valence-electron chi connectivity index (χ4n) is 1.34. The van der Waals surface area contributed by atoms with Gasteiger partial charge in [-0.1, -0.05) is 23.7 Å². The first-order valence-electron chi connectivity index (χ1n) is 4.43. The average Bonchev–Trinajstić information content (AvgIpc) is 2.58. The second kappa shape index (κ2) is 4.57. The number of ketones is 1. The monoisotopic (exact) mass is 315 g/mol. The predicted octanol–water partition coefficient (Wildman–Crippen LogP) is 3.98. The van der Waals surface area contributed by atoms with Crippen LogP contribution in [0, 0.1) is 0 Å². The topological polar surface area (TPSA) is 43.1 Å². The maximum absolute atomic E-state index is 12.1. The molecule has 0 aliphatic carbocycles. The third-order valence-electron chi connectivity index (χ3n) is 2.09. The third-order valence-corrected chi connectivity index (χ3v) is 3.89. The van der Waals surface area contributed by atoms with Crippen LogP contribution in [0.25, 0.3) is 0 Å². The van der Waals surface area contributed by atoms with Crippen molar-refractivity contribution < 1.29 is 4.79 Å². The smallest absolute Gasteiger partial charge is 0.197 e. The highest BCUT2D eigenvalue weighted by molar-refractivity contribution is 9.11. The molecule has 5 heteroatoms. The van der Waals surface area contributed by atoms with E-state index in [1.54, 1.807) is 30.3 Å². The van der Waals surface area contributed by atoms with Crippen molar-refractivity contribution in [3.63, 3.8) is 0 Å². The lowest BCUT2D eigenvalue weighted by Gasteiger charge is -2.01. The van der Waals surface area contributed by atoms with E-state index in [2.05, 4.69) is 15.9 Å². The maximum atomic E-state index is 12.1. The summed E-state index contributed by atoms with van der Waals surface area (Å²) >= 11 is 10.6. The molecule has 1 aromatic heterocycles. The van der Waals surface area contributed by atoms with Crippen LogP contribution in [0.3, 0.4) is 0 Å². The van der Waals surface area contributed by atoms with Gasteiger partial charge < -0.3 is 5.73 Å². The second-order valence-electron chi connectivity index (χ2n) is 3.14. The van der Waals surface area contributed by atoms with Gasteiger partial charge in [-0.3, -0.25) is 4.79 Å². The summed E-state index contributed by atoms with van der Waals surface area (Å²) in [6.07, 6.45) is 0. The highest BCUT2D eigenvalue weighted by atomic mass is 79.9. The molecule has 2 N–H and O–H groups in total. The summed E-state index contributed by atoms with van der Waals surface area (Å²) in [4.78, 5) is 12.1. The summed E-state index contributed by atoms with van der Waals surface area (Å²) in [5, 5.41) is 0.936. The van der Waals surface area contributed by atoms with Crippen LogP contribution in [0.4, 0.5) is 5.00 Å². The van der Waals surface area contributed by atoms with Crippen LogP contribution in [-0.4, -0.2) is 5.78 Å². The van der Waals surface area contributed by atoms with E-state index in [0.717, 1.165) is 3.79 Å². The van der Waals surface area contributed by atoms with Gasteiger partial charge in [0.15, 0.2) is 5.78 Å². The molecule has 0 saturated carbocycles. The zero-order valence-corrected chi connectivity index (χ0v) is 11.2. The van der Waals surface area contributed by atoms with Crippen LogP contribution in [0.5, 0.6) is 0 Å². The molecule has 0 amide bonds. The lowest BCUT2D eigenvalue weighted by Crippen LogP contribution is -2.03. The molecule has 2 aromatic rings. The summed E-state index contributed by atoms with van der Waals surface area (Å²) in [7, 11) is 0. The first-order valence-corrected chi connectivity index (χ1v) is 6.42. The van der Waals surface area contributed by atoms with Crippen molar-refractivity contribution >= 4 is 49.7 Å². The molecular weight excluding hydrogens is 310 g/mol. The Labute approximate surface area is 110 Å². The Hall–Kier alpha value is -0.840. The van der Waals surface area contributed by atoms with E-state index in [0.29, 0.717) is 21.2 Å². The highest BCUT2D eigenvalue weighted by Gasteiger charge is 2.17. The molecule has 0 unspecified atom stereocenters. The van der Waals surface area contributed by atoms with Crippen molar-refractivity contribution in [2.45, 2.75) is 0 Å². The molecule has 1 aromatic carbocycles. The largest absolute Gasteiger partial charge is 0.390 e. The molecular formula is C11H7BrClNOS. The summed E-state index contributed by atoms with van der Waals surface area (Å²) in [5.74, 6) is -0.148. The summed E-state index contributed by atoms with van der Waals surface area (Å²) in [5.41, 5.74) is 6.72. The van der Waals surface area contributed by atoms with E-state index in [9.17, 15) is 4.79 Å². The number of carbonyl (C=O) groups is 1. The Morgan fingerprint density at radius 2 is 2.00 bits per heavy atom. The van der Waals surface area contributed by atoms with Gasteiger partial charge >= 0.3 is 0 Å². The van der Waals surface area contributed by atoms with Gasteiger partial charge in [0, 0.05) is 5.56 Å². The van der Waals surface area contributed by atoms with Crippen LogP contribution in [0.15, 0.2) is 34.1 Å². The molecule has 0 radical (unpaired) electrons. The first kappa shape index (κ1) is 11.6. The van der Waals surface area contributed by atoms with Gasteiger partial charge in [-0.05, 0) is 34.1 Å². The molecule has 1 heterocycles. The Balaban J connectivity index is 2.47. The molecule has 0 saturated heterocycles. The lowest BCUT2D eigenvalue weighted by atomic mass is 10.1. The predicted molar refractivity (Wildman–Crippen MR) is 71.3 cm³/mol. The van der Waals surface area contributed by atoms with Gasteiger partial charge in [-0.2, -0.15) is 0 Å². The zero-order valence-electron chi connectivity index (χ0n) is 8.04. The van der Waals surface area contributed by atoms with Crippen LogP contribution in [0.1, 0.15) is 15.9 Å². The van der Waals surface area contributed by atoms with E-state index in [4.69, 9.17) is 17.3 Å². The van der Waals surface area contributed by atoms with Crippen LogP contribution in [-0.2, 0) is 0 Å². The number of rotatable bonds is 2. The number of halogens is 2. The number of benzene rings is 1. The first-order chi connectivity index (χ1) is 7.59. The molecule has 0 spiro atoms. The highest BCUT2D eigenvalue weighted by Crippen LogP contribution is 2.32. The number of hydrogen-bond donors (Lipinski definition) is 1. The van der Waals surface area contributed by atoms with Crippen molar-refractivity contribution in [2.24, 2.45) is 0 Å². The average molecular weight is 317 g/mol. The normalized spacial score (nSPS) is 10.4. The fourth-order valence-corrected chi connectivity index (χ4v) is 2.96. The molecule has 0 fully saturated rings. The standard InChI is InChI=1S/C11H7BrClNOS/c12-9-5-7(11(14)16-9)10(15)6-3-1-2-4-8(6)13/h1-5H,14H2. The Morgan fingerprint density at radius 3 is 2.56 bits per heavy atom. The molecule has 82 valence electrons. The van der Waals surface area contributed by atoms with Gasteiger partial charge in [0.05, 0.1) is 19.4 Å². The molecule has 16 heavy (non-hydrogen) atoms. The summed E-state index contributed by atoms with van der Waals surface area (Å²) in [6, 6.07) is 8.65. The number of nitrogens with two attached hydrogens (primary N) is 1. The molecule has 0 aliphatic heterocycles. The number of nitrogen functional groups attached to an aromatic ring is 1. The van der Waals surface area contributed by atoms with Crippen LogP contribution in [0.2, 0.25) is 5.02 Å². The summed E-state index contributed by atoms with van der Waals surface area (Å²) in [6.45, 7) is 0. The fraction of sp³-hybridized carbons (Fsp3) is 0. The van der Waals surface area contributed by atoms with Crippen molar-refractivity contribution in [1.82, 2.24) is 0 Å². The minimum absolute atomic E-state index is 0.148. The molecule has 0 atom stereocenters. The SMILES string of the molecule is Nc1sc(Br)cc1C(=O)c1ccccc1Cl. The maximum Gasteiger partial charge on any atom is 0.197 e. The number of anilines is 1. The van der Waals surface area contributed by atoms with Gasteiger partial charge in [0.1, 0.15) is 0 Å².